The number of anilines is 1. The molecule has 4 N–H and O–H groups in total. The number of nitrogen functional groups attached to an aromatic ring is 1. The highest BCUT2D eigenvalue weighted by Gasteiger charge is 2.21. The van der Waals surface area contributed by atoms with E-state index in [-0.39, 0.29) is 42.5 Å². The zero-order valence-corrected chi connectivity index (χ0v) is 17.9. The number of primary sulfonamides is 1. The summed E-state index contributed by atoms with van der Waals surface area (Å²) >= 11 is 2.18. The molecule has 29 heavy (non-hydrogen) atoms. The molecular weight excluding hydrogens is 518 g/mol. The number of imidazole rings is 1. The van der Waals surface area contributed by atoms with Crippen molar-refractivity contribution in [2.45, 2.75) is 19.4 Å². The zero-order valence-electron chi connectivity index (χ0n) is 14.9. The van der Waals surface area contributed by atoms with Crippen molar-refractivity contribution in [3.05, 3.63) is 33.2 Å². The van der Waals surface area contributed by atoms with Crippen LogP contribution in [0, 0.1) is 9.65 Å². The molecule has 0 fully saturated rings. The normalized spacial score (nSPS) is 13.3. The molecule has 0 amide bonds. The lowest BCUT2D eigenvalue weighted by molar-refractivity contribution is 0.174. The molecule has 0 bridgehead atoms. The van der Waals surface area contributed by atoms with E-state index in [1.54, 1.807) is 4.57 Å². The number of hydrogen-bond donors (Lipinski definition) is 2. The van der Waals surface area contributed by atoms with E-state index in [0.717, 1.165) is 9.13 Å². The molecule has 1 aliphatic rings. The highest BCUT2D eigenvalue weighted by Crippen LogP contribution is 2.36. The van der Waals surface area contributed by atoms with Crippen LogP contribution in [0.1, 0.15) is 17.8 Å². The first kappa shape index (κ1) is 20.0. The minimum atomic E-state index is -3.63. The first-order valence-corrected chi connectivity index (χ1v) is 11.3. The first-order valence-electron chi connectivity index (χ1n) is 8.48. The van der Waals surface area contributed by atoms with Crippen LogP contribution in [-0.4, -0.2) is 40.5 Å². The monoisotopic (exact) mass is 534 g/mol. The maximum atomic E-state index is 13.7. The van der Waals surface area contributed by atoms with E-state index in [0.29, 0.717) is 23.7 Å². The average molecular weight is 534 g/mol. The van der Waals surface area contributed by atoms with Crippen molar-refractivity contribution in [2.24, 2.45) is 5.14 Å². The Morgan fingerprint density at radius 3 is 2.66 bits per heavy atom. The Bertz CT molecular complexity index is 1220. The van der Waals surface area contributed by atoms with Gasteiger partial charge in [0.25, 0.3) is 0 Å². The fraction of sp³-hybridized carbons (Fsp3) is 0.312. The van der Waals surface area contributed by atoms with E-state index < -0.39 is 16.1 Å². The van der Waals surface area contributed by atoms with Crippen LogP contribution < -0.4 is 20.3 Å². The van der Waals surface area contributed by atoms with E-state index in [2.05, 4.69) is 37.5 Å². The van der Waals surface area contributed by atoms with Crippen LogP contribution in [0.25, 0.3) is 11.2 Å². The van der Waals surface area contributed by atoms with Crippen molar-refractivity contribution in [3.63, 3.8) is 0 Å². The number of aryl methyl sites for hydroxylation is 1. The standard InChI is InChI=1S/C16H16FIN6O4S/c17-16-22-14(19)13-15(23-16)24(2-1-3-29(20,25)26)12(21-13)5-8-4-10-11(6-9(8)18)28-7-27-10/h4,6H,1-3,5,7H2,(H2,19,22,23)(H2,20,25,26). The maximum absolute atomic E-state index is 13.7. The van der Waals surface area contributed by atoms with Gasteiger partial charge in [-0.05, 0) is 46.7 Å². The van der Waals surface area contributed by atoms with Gasteiger partial charge in [-0.15, -0.1) is 0 Å². The number of sulfonamides is 1. The number of fused-ring (bicyclic) bond motifs is 2. The molecule has 0 aliphatic carbocycles. The van der Waals surface area contributed by atoms with Gasteiger partial charge in [0.15, 0.2) is 28.5 Å². The predicted octanol–water partition coefficient (Wildman–Crippen LogP) is 1.15. The van der Waals surface area contributed by atoms with Crippen molar-refractivity contribution in [1.82, 2.24) is 19.5 Å². The number of benzene rings is 1. The van der Waals surface area contributed by atoms with E-state index in [1.165, 1.54) is 0 Å². The second-order valence-corrected chi connectivity index (χ2v) is 9.32. The maximum Gasteiger partial charge on any atom is 0.312 e. The highest BCUT2D eigenvalue weighted by molar-refractivity contribution is 14.1. The van der Waals surface area contributed by atoms with E-state index in [9.17, 15) is 12.8 Å². The van der Waals surface area contributed by atoms with Crippen molar-refractivity contribution in [1.29, 1.82) is 0 Å². The number of aromatic nitrogens is 4. The lowest BCUT2D eigenvalue weighted by Gasteiger charge is -2.10. The van der Waals surface area contributed by atoms with Crippen molar-refractivity contribution in [3.8, 4) is 11.5 Å². The third-order valence-corrected chi connectivity index (χ3v) is 6.24. The summed E-state index contributed by atoms with van der Waals surface area (Å²) in [6.07, 6.45) is -0.408. The zero-order chi connectivity index (χ0) is 20.8. The summed E-state index contributed by atoms with van der Waals surface area (Å²) in [5.41, 5.74) is 7.18. The topological polar surface area (TPSA) is 148 Å². The summed E-state index contributed by atoms with van der Waals surface area (Å²) in [4.78, 5) is 11.8. The predicted molar refractivity (Wildman–Crippen MR) is 110 cm³/mol. The third-order valence-electron chi connectivity index (χ3n) is 4.37. The third kappa shape index (κ3) is 4.20. The Balaban J connectivity index is 1.75. The first-order chi connectivity index (χ1) is 13.7. The van der Waals surface area contributed by atoms with Gasteiger partial charge in [-0.3, -0.25) is 0 Å². The summed E-state index contributed by atoms with van der Waals surface area (Å²) in [5.74, 6) is 1.52. The molecule has 4 rings (SSSR count). The van der Waals surface area contributed by atoms with Crippen LogP contribution in [-0.2, 0) is 23.0 Å². The Hall–Kier alpha value is -2.26. The molecule has 0 radical (unpaired) electrons. The van der Waals surface area contributed by atoms with Crippen LogP contribution >= 0.6 is 22.6 Å². The smallest absolute Gasteiger partial charge is 0.312 e. The van der Waals surface area contributed by atoms with Crippen LogP contribution in [0.4, 0.5) is 10.2 Å². The van der Waals surface area contributed by atoms with Crippen LogP contribution in [0.5, 0.6) is 11.5 Å². The van der Waals surface area contributed by atoms with Crippen LogP contribution in [0.15, 0.2) is 12.1 Å². The quantitative estimate of drug-likeness (QED) is 0.354. The summed E-state index contributed by atoms with van der Waals surface area (Å²) in [6, 6.07) is 3.72. The number of halogens is 2. The fourth-order valence-corrected chi connectivity index (χ4v) is 4.26. The number of hydrogen-bond acceptors (Lipinski definition) is 8. The van der Waals surface area contributed by atoms with Crippen molar-refractivity contribution < 1.29 is 22.3 Å². The number of nitrogens with two attached hydrogens (primary N) is 2. The minimum absolute atomic E-state index is 0.0840. The molecule has 13 heteroatoms. The van der Waals surface area contributed by atoms with Gasteiger partial charge in [0.2, 0.25) is 16.8 Å². The van der Waals surface area contributed by atoms with Crippen molar-refractivity contribution >= 4 is 49.6 Å². The summed E-state index contributed by atoms with van der Waals surface area (Å²) in [5, 5.41) is 5.08. The summed E-state index contributed by atoms with van der Waals surface area (Å²) in [7, 11) is -3.63. The molecular formula is C16H16FIN6O4S. The van der Waals surface area contributed by atoms with Gasteiger partial charge < -0.3 is 19.8 Å². The molecule has 0 saturated heterocycles. The molecule has 3 heterocycles. The molecule has 2 aromatic heterocycles. The summed E-state index contributed by atoms with van der Waals surface area (Å²) in [6.45, 7) is 0.381. The molecule has 0 saturated carbocycles. The Labute approximate surface area is 178 Å². The molecule has 10 nitrogen and oxygen atoms in total. The van der Waals surface area contributed by atoms with Gasteiger partial charge in [-0.25, -0.2) is 18.5 Å². The lowest BCUT2D eigenvalue weighted by atomic mass is 10.1. The van der Waals surface area contributed by atoms with E-state index in [1.807, 2.05) is 12.1 Å². The number of rotatable bonds is 6. The van der Waals surface area contributed by atoms with Gasteiger partial charge in [0, 0.05) is 16.5 Å². The van der Waals surface area contributed by atoms with E-state index >= 15 is 0 Å². The molecule has 1 aromatic carbocycles. The number of ether oxygens (including phenoxy) is 2. The molecule has 0 unspecified atom stereocenters. The fourth-order valence-electron chi connectivity index (χ4n) is 3.10. The summed E-state index contributed by atoms with van der Waals surface area (Å²) < 4.78 is 49.7. The molecule has 3 aromatic rings. The van der Waals surface area contributed by atoms with Crippen LogP contribution in [0.2, 0.25) is 0 Å². The Kier molecular flexibility index (Phi) is 5.20. The highest BCUT2D eigenvalue weighted by atomic mass is 127. The second-order valence-electron chi connectivity index (χ2n) is 6.42. The molecule has 0 spiro atoms. The SMILES string of the molecule is Nc1nc(F)nc2c1nc(Cc1cc3c(cc1I)OCO3)n2CCCS(N)(=O)=O. The Morgan fingerprint density at radius 2 is 1.93 bits per heavy atom. The largest absolute Gasteiger partial charge is 0.454 e. The second kappa shape index (κ2) is 7.53. The van der Waals surface area contributed by atoms with Gasteiger partial charge in [-0.2, -0.15) is 14.4 Å². The van der Waals surface area contributed by atoms with Crippen LogP contribution in [0.3, 0.4) is 0 Å². The molecule has 0 atom stereocenters. The molecule has 1 aliphatic heterocycles. The Morgan fingerprint density at radius 1 is 1.21 bits per heavy atom. The average Bonchev–Trinajstić information content (AvgIpc) is 3.19. The van der Waals surface area contributed by atoms with Gasteiger partial charge in [0.1, 0.15) is 5.82 Å². The van der Waals surface area contributed by atoms with Gasteiger partial charge in [0.05, 0.1) is 5.75 Å². The van der Waals surface area contributed by atoms with Gasteiger partial charge >= 0.3 is 6.08 Å². The van der Waals surface area contributed by atoms with Crippen molar-refractivity contribution in [2.75, 3.05) is 18.3 Å². The van der Waals surface area contributed by atoms with Gasteiger partial charge in [-0.1, -0.05) is 0 Å². The minimum Gasteiger partial charge on any atom is -0.454 e. The number of nitrogens with zero attached hydrogens (tertiary/aromatic N) is 4. The lowest BCUT2D eigenvalue weighted by Crippen LogP contribution is -2.18. The van der Waals surface area contributed by atoms with E-state index in [4.69, 9.17) is 20.3 Å². The molecule has 154 valence electrons.